The Kier molecular flexibility index (Phi) is 43.8. The van der Waals surface area contributed by atoms with Crippen LogP contribution in [0.3, 0.4) is 0 Å². The largest absolute Gasteiger partial charge is 0.481 e. The van der Waals surface area contributed by atoms with E-state index in [-0.39, 0.29) is 88.1 Å². The number of nitrogens with zero attached hydrogens (tertiary/aromatic N) is 10. The van der Waals surface area contributed by atoms with Crippen molar-refractivity contribution in [3.8, 4) is 0 Å². The van der Waals surface area contributed by atoms with Crippen molar-refractivity contribution < 1.29 is 120 Å². The number of benzene rings is 2. The summed E-state index contributed by atoms with van der Waals surface area (Å²) >= 11 is 0. The number of nitrogens with two attached hydrogens (primary N) is 2. The van der Waals surface area contributed by atoms with Crippen LogP contribution in [0.15, 0.2) is 60.7 Å². The van der Waals surface area contributed by atoms with Gasteiger partial charge in [-0.1, -0.05) is 60.7 Å². The molecule has 6 saturated heterocycles. The summed E-state index contributed by atoms with van der Waals surface area (Å²) in [6.45, 7) is 30.0. The average molecular weight is 1760 g/mol. The molecular formula is C80H127N19O25. The molecule has 692 valence electrons. The minimum absolute atomic E-state index is 0.0608. The molecule has 6 heterocycles. The molecule has 15 amide bonds. The smallest absolute Gasteiger partial charge is 0.358 e. The van der Waals surface area contributed by atoms with Crippen molar-refractivity contribution in [1.82, 2.24) is 88.0 Å². The molecule has 44 heteroatoms. The Balaban J connectivity index is 0.000000399. The van der Waals surface area contributed by atoms with Crippen LogP contribution in [0.25, 0.3) is 0 Å². The van der Waals surface area contributed by atoms with E-state index < -0.39 is 124 Å². The van der Waals surface area contributed by atoms with Gasteiger partial charge < -0.3 is 38.8 Å². The first-order valence-electron chi connectivity index (χ1n) is 40.6. The van der Waals surface area contributed by atoms with Gasteiger partial charge in [-0.15, -0.1) is 0 Å². The van der Waals surface area contributed by atoms with Crippen LogP contribution >= 0.6 is 0 Å². The molecule has 0 saturated carbocycles. The Hall–Kier alpha value is -12.1. The van der Waals surface area contributed by atoms with Gasteiger partial charge >= 0.3 is 65.9 Å². The van der Waals surface area contributed by atoms with Crippen molar-refractivity contribution in [2.75, 3.05) is 58.9 Å². The zero-order chi connectivity index (χ0) is 93.6. The average Bonchev–Trinajstić information content (AvgIpc) is 1.56. The number of hydrogen-bond acceptors (Lipinski definition) is 28. The van der Waals surface area contributed by atoms with Gasteiger partial charge in [0.25, 0.3) is 0 Å². The van der Waals surface area contributed by atoms with Crippen LogP contribution in [0.4, 0.5) is 19.2 Å². The number of fused-ring (bicyclic) bond motifs is 2. The normalized spacial score (nSPS) is 17.6. The molecule has 12 N–H and O–H groups in total. The molecule has 8 rings (SSSR count). The fourth-order valence-corrected chi connectivity index (χ4v) is 11.8. The molecule has 0 aliphatic carbocycles. The number of carboxylic acids is 1. The topological polar surface area (TPSA) is 552 Å². The van der Waals surface area contributed by atoms with E-state index >= 15 is 0 Å². The number of urea groups is 4. The van der Waals surface area contributed by atoms with Gasteiger partial charge in [0.15, 0.2) is 12.1 Å². The van der Waals surface area contributed by atoms with E-state index in [1.165, 1.54) is 44.6 Å². The molecule has 2 aromatic rings. The summed E-state index contributed by atoms with van der Waals surface area (Å²) in [5.41, 5.74) is 13.8. The molecule has 6 aliphatic heterocycles. The summed E-state index contributed by atoms with van der Waals surface area (Å²) in [6.07, 6.45) is 4.94. The predicted octanol–water partition coefficient (Wildman–Crippen LogP) is 3.44. The molecule has 0 bridgehead atoms. The summed E-state index contributed by atoms with van der Waals surface area (Å²) in [7, 11) is 0. The summed E-state index contributed by atoms with van der Waals surface area (Å²) in [5, 5.41) is 22.5. The Morgan fingerprint density at radius 3 is 1.19 bits per heavy atom. The minimum atomic E-state index is -1.11. The SMILES string of the molecule is CC(=O)NCCCC(=O)OCc1ccccc1.CC(=O)NN.CC(=O)NN(CCC(=O)O)C(=O)N1NCCC[C@H]1C(=O)OC(C)(C)C.CC(=O)NN(CCC(=O)OCc1ccccc1)C(=O)N1NCCC[C@H]1C(=O)OC(C)(C)C.CC(=O)NN1CCC(=O)N2CCC[C@@H](C(=O)OC(C)(C)C)N2C1=O.CC(C)(C)OC(=O)[C@@H]1CCCN2C(=O)CCN(N)C(=O)N12. The maximum Gasteiger partial charge on any atom is 0.358 e. The predicted molar refractivity (Wildman–Crippen MR) is 441 cm³/mol. The molecule has 124 heavy (non-hydrogen) atoms. The highest BCUT2D eigenvalue weighted by Crippen LogP contribution is 2.29. The van der Waals surface area contributed by atoms with Gasteiger partial charge in [0.1, 0.15) is 47.7 Å². The number of aliphatic carboxylic acids is 1. The molecule has 44 nitrogen and oxygen atoms in total. The van der Waals surface area contributed by atoms with Crippen molar-refractivity contribution in [2.24, 2.45) is 11.7 Å². The number of hydrazine groups is 9. The van der Waals surface area contributed by atoms with Gasteiger partial charge in [-0.3, -0.25) is 74.7 Å². The maximum atomic E-state index is 13.1. The van der Waals surface area contributed by atoms with E-state index in [9.17, 15) is 86.3 Å². The van der Waals surface area contributed by atoms with Gasteiger partial charge in [0.2, 0.25) is 41.4 Å². The van der Waals surface area contributed by atoms with E-state index in [1.807, 2.05) is 66.1 Å². The van der Waals surface area contributed by atoms with Crippen LogP contribution in [-0.4, -0.2) is 268 Å². The standard InChI is InChI=1S/C22H32N4O6.C15H26N4O6.C15H24N4O5.C13H22N4O4.C13H17NO3.C2H6N2O/c1-16(27)24-25(14-12-19(28)31-15-17-9-6-5-7-10-17)21(30)26-18(11-8-13-23-26)20(29)32-22(2,3)4;1-10(20)17-18(9-7-12(21)22)14(24)19-11(6-5-8-16-19)13(23)25-15(2,3)4;1-10(20)16-17-9-7-12(21)18-8-5-6-11(19(18)14(17)23)13(22)24-15(2,3)4;1-13(2,3)21-11(19)9-5-4-7-16-10(18)6-8-15(14)12(20)17(9)16;1-11(15)14-9-5-8-13(16)17-10-12-6-3-2-4-7-12;1-2(5)4-3/h5-7,9-10,18,23H,8,11-15H2,1-4H3,(H,24,27);11,16H,5-9H2,1-4H3,(H,17,20)(H,21,22);11H,5-9H2,1-4H3,(H,16,20);9H,4-8,14H2,1-3H3;2-4,6-7H,5,8-10H2,1H3,(H,14,15);3H2,1H3,(H,4,5)/t18-;2*11-;9-;;/m0000../s1. The van der Waals surface area contributed by atoms with Gasteiger partial charge in [-0.2, -0.15) is 0 Å². The van der Waals surface area contributed by atoms with Crippen molar-refractivity contribution in [1.29, 1.82) is 0 Å². The zero-order valence-electron chi connectivity index (χ0n) is 74.1. The first kappa shape index (κ1) is 106. The highest BCUT2D eigenvalue weighted by Gasteiger charge is 2.48. The van der Waals surface area contributed by atoms with Gasteiger partial charge in [0.05, 0.1) is 32.5 Å². The van der Waals surface area contributed by atoms with Gasteiger partial charge in [-0.25, -0.2) is 106 Å². The third-order valence-electron chi connectivity index (χ3n) is 17.0. The molecule has 4 atom stereocenters. The summed E-state index contributed by atoms with van der Waals surface area (Å²) in [4.78, 5) is 214. The highest BCUT2D eigenvalue weighted by atomic mass is 16.6. The van der Waals surface area contributed by atoms with Gasteiger partial charge in [0, 0.05) is 93.1 Å². The van der Waals surface area contributed by atoms with Crippen molar-refractivity contribution >= 4 is 107 Å². The molecule has 0 spiro atoms. The minimum Gasteiger partial charge on any atom is -0.481 e. The van der Waals surface area contributed by atoms with Crippen LogP contribution in [0.1, 0.15) is 219 Å². The number of carbonyl (C=O) groups is 18. The summed E-state index contributed by atoms with van der Waals surface area (Å²) in [5.74, 6) is 3.99. The number of esters is 6. The second-order valence-electron chi connectivity index (χ2n) is 32.8. The maximum absolute atomic E-state index is 13.1. The lowest BCUT2D eigenvalue weighted by molar-refractivity contribution is -0.175. The number of ether oxygens (including phenoxy) is 6. The monoisotopic (exact) mass is 1750 g/mol. The van der Waals surface area contributed by atoms with Crippen LogP contribution in [0, 0.1) is 0 Å². The van der Waals surface area contributed by atoms with E-state index in [0.717, 1.165) is 51.2 Å². The lowest BCUT2D eigenvalue weighted by atomic mass is 10.1. The molecule has 0 unspecified atom stereocenters. The van der Waals surface area contributed by atoms with E-state index in [1.54, 1.807) is 83.1 Å². The number of rotatable bonds is 19. The highest BCUT2D eigenvalue weighted by molar-refractivity contribution is 5.92. The molecule has 0 radical (unpaired) electrons. The number of nitrogens with one attached hydrogen (secondary N) is 7. The lowest BCUT2D eigenvalue weighted by Crippen LogP contribution is -2.63. The third kappa shape index (κ3) is 39.9. The number of hydrogen-bond donors (Lipinski definition) is 10. The fourth-order valence-electron chi connectivity index (χ4n) is 11.8. The Morgan fingerprint density at radius 1 is 0.468 bits per heavy atom. The Labute approximate surface area is 722 Å². The zero-order valence-corrected chi connectivity index (χ0v) is 74.1. The van der Waals surface area contributed by atoms with Gasteiger partial charge in [-0.05, 0) is 152 Å². The van der Waals surface area contributed by atoms with Crippen molar-refractivity contribution in [3.63, 3.8) is 0 Å². The number of carbonyl (C=O) groups excluding carboxylic acids is 17. The molecule has 6 aliphatic rings. The van der Waals surface area contributed by atoms with Crippen LogP contribution in [-0.2, 0) is 109 Å². The second kappa shape index (κ2) is 51.1. The third-order valence-corrected chi connectivity index (χ3v) is 17.0. The van der Waals surface area contributed by atoms with E-state index in [4.69, 9.17) is 39.4 Å². The van der Waals surface area contributed by atoms with Crippen molar-refractivity contribution in [3.05, 3.63) is 71.8 Å². The Bertz CT molecular complexity index is 3970. The molecular weight excluding hydrogens is 1630 g/mol. The number of amides is 15. The quantitative estimate of drug-likeness (QED) is 0.0240. The molecule has 6 fully saturated rings. The summed E-state index contributed by atoms with van der Waals surface area (Å²) in [6, 6.07) is 12.8. The van der Waals surface area contributed by atoms with E-state index in [0.29, 0.717) is 104 Å². The number of carboxylic acid groups (broad SMARTS) is 1. The Morgan fingerprint density at radius 2 is 0.831 bits per heavy atom. The van der Waals surface area contributed by atoms with Crippen molar-refractivity contribution in [2.45, 2.75) is 267 Å². The van der Waals surface area contributed by atoms with Crippen LogP contribution in [0.2, 0.25) is 0 Å². The van der Waals surface area contributed by atoms with E-state index in [2.05, 4.69) is 38.3 Å². The lowest BCUT2D eigenvalue weighted by Gasteiger charge is -2.42. The van der Waals surface area contributed by atoms with Crippen LogP contribution < -0.4 is 49.6 Å². The summed E-state index contributed by atoms with van der Waals surface area (Å²) < 4.78 is 31.8. The molecule has 0 aromatic heterocycles. The van der Waals surface area contributed by atoms with Crippen LogP contribution in [0.5, 0.6) is 0 Å². The first-order chi connectivity index (χ1) is 57.8. The first-order valence-corrected chi connectivity index (χ1v) is 40.6. The molecule has 2 aromatic carbocycles. The second-order valence-corrected chi connectivity index (χ2v) is 32.8. The fraction of sp³-hybridized carbons (Fsp3) is 0.625.